The summed E-state index contributed by atoms with van der Waals surface area (Å²) in [5.74, 6) is 2.22. The van der Waals surface area contributed by atoms with Crippen molar-refractivity contribution in [2.45, 2.75) is 32.6 Å². The van der Waals surface area contributed by atoms with Crippen molar-refractivity contribution in [2.24, 2.45) is 4.99 Å². The van der Waals surface area contributed by atoms with Crippen LogP contribution in [0, 0.1) is 6.92 Å². The maximum absolute atomic E-state index is 5.21. The monoisotopic (exact) mass is 360 g/mol. The Labute approximate surface area is 154 Å². The molecule has 0 fully saturated rings. The van der Waals surface area contributed by atoms with Gasteiger partial charge in [-0.15, -0.1) is 11.3 Å². The van der Waals surface area contributed by atoms with E-state index in [1.165, 1.54) is 5.56 Å². The SMILES string of the molecule is CN=C(NCCc1csc(C)n1)NCCC(C)c1ccc(OC)cc1. The van der Waals surface area contributed by atoms with Gasteiger partial charge in [0.15, 0.2) is 5.96 Å². The molecule has 2 N–H and O–H groups in total. The molecule has 25 heavy (non-hydrogen) atoms. The van der Waals surface area contributed by atoms with Gasteiger partial charge < -0.3 is 15.4 Å². The summed E-state index contributed by atoms with van der Waals surface area (Å²) in [4.78, 5) is 8.75. The molecule has 0 amide bonds. The molecule has 1 atom stereocenters. The minimum absolute atomic E-state index is 0.481. The van der Waals surface area contributed by atoms with Crippen LogP contribution in [0.1, 0.15) is 35.5 Å². The summed E-state index contributed by atoms with van der Waals surface area (Å²) >= 11 is 1.69. The van der Waals surface area contributed by atoms with Gasteiger partial charge in [0, 0.05) is 31.9 Å². The van der Waals surface area contributed by atoms with Crippen LogP contribution in [0.2, 0.25) is 0 Å². The molecule has 0 aliphatic heterocycles. The number of guanidine groups is 1. The number of benzene rings is 1. The van der Waals surface area contributed by atoms with E-state index in [0.717, 1.165) is 48.3 Å². The first-order valence-electron chi connectivity index (χ1n) is 8.62. The van der Waals surface area contributed by atoms with E-state index in [4.69, 9.17) is 4.74 Å². The second kappa shape index (κ2) is 10.0. The Balaban J connectivity index is 1.69. The topological polar surface area (TPSA) is 58.5 Å². The van der Waals surface area contributed by atoms with Crippen molar-refractivity contribution in [1.82, 2.24) is 15.6 Å². The van der Waals surface area contributed by atoms with Crippen LogP contribution in [-0.2, 0) is 6.42 Å². The van der Waals surface area contributed by atoms with Gasteiger partial charge in [-0.3, -0.25) is 4.99 Å². The van der Waals surface area contributed by atoms with Gasteiger partial charge in [0.05, 0.1) is 17.8 Å². The number of thiazole rings is 1. The van der Waals surface area contributed by atoms with E-state index in [1.54, 1.807) is 25.5 Å². The Hall–Kier alpha value is -2.08. The van der Waals surface area contributed by atoms with Gasteiger partial charge in [0.2, 0.25) is 0 Å². The third kappa shape index (κ3) is 6.38. The number of hydrogen-bond acceptors (Lipinski definition) is 4. The molecule has 0 bridgehead atoms. The summed E-state index contributed by atoms with van der Waals surface area (Å²) in [6.07, 6.45) is 1.95. The highest BCUT2D eigenvalue weighted by atomic mass is 32.1. The second-order valence-corrected chi connectivity index (χ2v) is 7.06. The van der Waals surface area contributed by atoms with Crippen molar-refractivity contribution in [1.29, 1.82) is 0 Å². The Bertz CT molecular complexity index is 666. The number of aryl methyl sites for hydroxylation is 1. The second-order valence-electron chi connectivity index (χ2n) is 6.00. The Kier molecular flexibility index (Phi) is 7.73. The third-order valence-electron chi connectivity index (χ3n) is 4.12. The largest absolute Gasteiger partial charge is 0.497 e. The van der Waals surface area contributed by atoms with Crippen molar-refractivity contribution in [3.8, 4) is 5.75 Å². The van der Waals surface area contributed by atoms with Crippen LogP contribution in [0.5, 0.6) is 5.75 Å². The van der Waals surface area contributed by atoms with Gasteiger partial charge in [0.25, 0.3) is 0 Å². The zero-order valence-electron chi connectivity index (χ0n) is 15.5. The molecule has 1 heterocycles. The average molecular weight is 361 g/mol. The van der Waals surface area contributed by atoms with Crippen LogP contribution < -0.4 is 15.4 Å². The smallest absolute Gasteiger partial charge is 0.190 e. The molecule has 0 spiro atoms. The van der Waals surface area contributed by atoms with E-state index >= 15 is 0 Å². The fourth-order valence-corrected chi connectivity index (χ4v) is 3.21. The number of methoxy groups -OCH3 is 1. The molecule has 1 aromatic carbocycles. The van der Waals surface area contributed by atoms with Crippen LogP contribution >= 0.6 is 11.3 Å². The number of ether oxygens (including phenoxy) is 1. The zero-order valence-corrected chi connectivity index (χ0v) is 16.3. The van der Waals surface area contributed by atoms with E-state index < -0.39 is 0 Å². The molecule has 2 rings (SSSR count). The minimum Gasteiger partial charge on any atom is -0.497 e. The highest BCUT2D eigenvalue weighted by molar-refractivity contribution is 7.09. The standard InChI is InChI=1S/C19H28N4OS/c1-14(16-5-7-18(24-4)8-6-16)9-11-21-19(20-3)22-12-10-17-13-25-15(2)23-17/h5-8,13-14H,9-12H2,1-4H3,(H2,20,21,22). The Morgan fingerprint density at radius 2 is 1.96 bits per heavy atom. The van der Waals surface area contributed by atoms with Crippen LogP contribution in [0.25, 0.3) is 0 Å². The first kappa shape index (κ1) is 19.2. The molecule has 2 aromatic rings. The van der Waals surface area contributed by atoms with Crippen molar-refractivity contribution in [3.63, 3.8) is 0 Å². The Morgan fingerprint density at radius 1 is 1.24 bits per heavy atom. The van der Waals surface area contributed by atoms with Gasteiger partial charge in [-0.05, 0) is 37.0 Å². The first-order valence-corrected chi connectivity index (χ1v) is 9.49. The predicted molar refractivity (Wildman–Crippen MR) is 106 cm³/mol. The fourth-order valence-electron chi connectivity index (χ4n) is 2.56. The van der Waals surface area contributed by atoms with Crippen molar-refractivity contribution < 1.29 is 4.74 Å². The lowest BCUT2D eigenvalue weighted by atomic mass is 9.98. The van der Waals surface area contributed by atoms with Crippen molar-refractivity contribution in [2.75, 3.05) is 27.2 Å². The normalized spacial score (nSPS) is 12.7. The molecule has 0 radical (unpaired) electrons. The maximum Gasteiger partial charge on any atom is 0.190 e. The Morgan fingerprint density at radius 3 is 2.56 bits per heavy atom. The molecular formula is C19H28N4OS. The van der Waals surface area contributed by atoms with Gasteiger partial charge in [0.1, 0.15) is 5.75 Å². The van der Waals surface area contributed by atoms with Crippen LogP contribution in [0.4, 0.5) is 0 Å². The average Bonchev–Trinajstić information content (AvgIpc) is 3.05. The van der Waals surface area contributed by atoms with E-state index in [0.29, 0.717) is 5.92 Å². The molecule has 0 aliphatic carbocycles. The molecule has 1 aromatic heterocycles. The van der Waals surface area contributed by atoms with Crippen LogP contribution in [0.15, 0.2) is 34.6 Å². The van der Waals surface area contributed by atoms with Gasteiger partial charge in [-0.25, -0.2) is 4.98 Å². The number of nitrogens with zero attached hydrogens (tertiary/aromatic N) is 2. The van der Waals surface area contributed by atoms with E-state index in [9.17, 15) is 0 Å². The molecule has 0 saturated heterocycles. The number of hydrogen-bond donors (Lipinski definition) is 2. The summed E-state index contributed by atoms with van der Waals surface area (Å²) in [6.45, 7) is 5.98. The summed E-state index contributed by atoms with van der Waals surface area (Å²) in [6, 6.07) is 8.29. The number of nitrogens with one attached hydrogen (secondary N) is 2. The van der Waals surface area contributed by atoms with Crippen molar-refractivity contribution in [3.05, 3.63) is 45.9 Å². The lowest BCUT2D eigenvalue weighted by Gasteiger charge is -2.15. The molecule has 5 nitrogen and oxygen atoms in total. The summed E-state index contributed by atoms with van der Waals surface area (Å²) < 4.78 is 5.21. The predicted octanol–water partition coefficient (Wildman–Crippen LogP) is 3.36. The van der Waals surface area contributed by atoms with Gasteiger partial charge in [-0.1, -0.05) is 19.1 Å². The summed E-state index contributed by atoms with van der Waals surface area (Å²) in [7, 11) is 3.49. The highest BCUT2D eigenvalue weighted by Gasteiger charge is 2.06. The first-order chi connectivity index (χ1) is 12.1. The summed E-state index contributed by atoms with van der Waals surface area (Å²) in [5.41, 5.74) is 2.46. The zero-order chi connectivity index (χ0) is 18.1. The van der Waals surface area contributed by atoms with E-state index in [1.807, 2.05) is 19.1 Å². The molecule has 1 unspecified atom stereocenters. The molecular weight excluding hydrogens is 332 g/mol. The minimum atomic E-state index is 0.481. The molecule has 6 heteroatoms. The van der Waals surface area contributed by atoms with Crippen molar-refractivity contribution >= 4 is 17.3 Å². The maximum atomic E-state index is 5.21. The van der Waals surface area contributed by atoms with Gasteiger partial charge in [-0.2, -0.15) is 0 Å². The molecule has 0 aliphatic rings. The van der Waals surface area contributed by atoms with Crippen LogP contribution in [-0.4, -0.2) is 38.2 Å². The molecule has 136 valence electrons. The van der Waals surface area contributed by atoms with Crippen LogP contribution in [0.3, 0.4) is 0 Å². The quantitative estimate of drug-likeness (QED) is 0.560. The summed E-state index contributed by atoms with van der Waals surface area (Å²) in [5, 5.41) is 9.95. The van der Waals surface area contributed by atoms with E-state index in [-0.39, 0.29) is 0 Å². The van der Waals surface area contributed by atoms with Gasteiger partial charge >= 0.3 is 0 Å². The lowest BCUT2D eigenvalue weighted by molar-refractivity contribution is 0.414. The number of aromatic nitrogens is 1. The molecule has 0 saturated carbocycles. The lowest BCUT2D eigenvalue weighted by Crippen LogP contribution is -2.39. The number of rotatable bonds is 8. The fraction of sp³-hybridized carbons (Fsp3) is 0.474. The van der Waals surface area contributed by atoms with E-state index in [2.05, 4.69) is 45.0 Å². The highest BCUT2D eigenvalue weighted by Crippen LogP contribution is 2.21. The number of aliphatic imine (C=N–C) groups is 1. The third-order valence-corrected chi connectivity index (χ3v) is 4.94.